The molecule has 0 saturated carbocycles. The highest BCUT2D eigenvalue weighted by Gasteiger charge is 2.32. The van der Waals surface area contributed by atoms with E-state index >= 15 is 0 Å². The number of benzene rings is 1. The van der Waals surface area contributed by atoms with Crippen molar-refractivity contribution in [2.45, 2.75) is 46.1 Å². The Bertz CT molecular complexity index is 797. The number of aromatic nitrogens is 1. The van der Waals surface area contributed by atoms with Crippen LogP contribution in [0.4, 0.5) is 0 Å². The molecule has 1 aromatic carbocycles. The molecule has 2 fully saturated rings. The van der Waals surface area contributed by atoms with Crippen LogP contribution in [0.1, 0.15) is 46.6 Å². The van der Waals surface area contributed by atoms with Crippen molar-refractivity contribution in [3.63, 3.8) is 0 Å². The highest BCUT2D eigenvalue weighted by Crippen LogP contribution is 2.26. The Morgan fingerprint density at radius 3 is 2.35 bits per heavy atom. The maximum atomic E-state index is 13.4. The second-order valence-corrected chi connectivity index (χ2v) is 7.91. The first-order valence-electron chi connectivity index (χ1n) is 9.84. The summed E-state index contributed by atoms with van der Waals surface area (Å²) in [4.78, 5) is 18.0. The van der Waals surface area contributed by atoms with Crippen LogP contribution < -0.4 is 0 Å². The number of rotatable bonds is 3. The third-order valence-corrected chi connectivity index (χ3v) is 6.00. The highest BCUT2D eigenvalue weighted by molar-refractivity contribution is 5.98. The van der Waals surface area contributed by atoms with Crippen LogP contribution in [0.15, 0.2) is 30.3 Å². The summed E-state index contributed by atoms with van der Waals surface area (Å²) in [6, 6.07) is 11.0. The molecule has 1 aromatic heterocycles. The molecule has 1 amide bonds. The van der Waals surface area contributed by atoms with Crippen LogP contribution in [-0.4, -0.2) is 52.5 Å². The molecule has 1 unspecified atom stereocenters. The Labute approximate surface area is 156 Å². The van der Waals surface area contributed by atoms with Crippen molar-refractivity contribution < 1.29 is 4.79 Å². The smallest absolute Gasteiger partial charge is 0.256 e. The molecule has 1 atom stereocenters. The Hall–Kier alpha value is -2.07. The zero-order valence-corrected chi connectivity index (χ0v) is 16.2. The molecule has 2 aromatic rings. The number of hydrogen-bond donors (Lipinski definition) is 0. The maximum Gasteiger partial charge on any atom is 0.256 e. The van der Waals surface area contributed by atoms with Gasteiger partial charge in [-0.1, -0.05) is 11.6 Å². The average Bonchev–Trinajstić information content (AvgIpc) is 3.36. The topological polar surface area (TPSA) is 28.5 Å². The van der Waals surface area contributed by atoms with Gasteiger partial charge < -0.3 is 9.47 Å². The average molecular weight is 351 g/mol. The quantitative estimate of drug-likeness (QED) is 0.843. The molecule has 0 bridgehead atoms. The van der Waals surface area contributed by atoms with Gasteiger partial charge in [0.15, 0.2) is 0 Å². The van der Waals surface area contributed by atoms with Crippen molar-refractivity contribution in [2.75, 3.05) is 26.2 Å². The Balaban J connectivity index is 1.63. The van der Waals surface area contributed by atoms with E-state index in [0.29, 0.717) is 6.04 Å². The van der Waals surface area contributed by atoms with E-state index in [1.165, 1.54) is 25.9 Å². The van der Waals surface area contributed by atoms with Gasteiger partial charge in [0.2, 0.25) is 0 Å². The van der Waals surface area contributed by atoms with Gasteiger partial charge in [-0.05, 0) is 77.4 Å². The fourth-order valence-electron chi connectivity index (χ4n) is 4.57. The fraction of sp³-hybridized carbons (Fsp3) is 0.500. The minimum Gasteiger partial charge on any atom is -0.337 e. The minimum atomic E-state index is 0.179. The van der Waals surface area contributed by atoms with Gasteiger partial charge in [0.25, 0.3) is 5.91 Å². The van der Waals surface area contributed by atoms with Gasteiger partial charge >= 0.3 is 0 Å². The normalized spacial score (nSPS) is 20.9. The van der Waals surface area contributed by atoms with Crippen LogP contribution >= 0.6 is 0 Å². The molecule has 4 heteroatoms. The molecule has 0 aliphatic carbocycles. The van der Waals surface area contributed by atoms with Crippen LogP contribution in [0.2, 0.25) is 0 Å². The largest absolute Gasteiger partial charge is 0.337 e. The second-order valence-electron chi connectivity index (χ2n) is 7.91. The Morgan fingerprint density at radius 2 is 1.65 bits per heavy atom. The third-order valence-electron chi connectivity index (χ3n) is 6.00. The Morgan fingerprint density at radius 1 is 0.962 bits per heavy atom. The fourth-order valence-corrected chi connectivity index (χ4v) is 4.57. The van der Waals surface area contributed by atoms with Crippen molar-refractivity contribution in [3.8, 4) is 5.69 Å². The molecule has 4 rings (SSSR count). The Kier molecular flexibility index (Phi) is 4.62. The summed E-state index contributed by atoms with van der Waals surface area (Å²) < 4.78 is 2.20. The standard InChI is InChI=1S/C22H29N3O/c1-16-6-9-21(25-17(2)7-8-18(25)3)20(14-16)22(26)24-13-10-19(15-24)23-11-4-5-12-23/h6-9,14,19H,4-5,10-13,15H2,1-3H3. The summed E-state index contributed by atoms with van der Waals surface area (Å²) in [6.45, 7) is 10.4. The molecule has 0 spiro atoms. The molecule has 2 saturated heterocycles. The van der Waals surface area contributed by atoms with E-state index in [0.717, 1.165) is 47.7 Å². The van der Waals surface area contributed by atoms with Gasteiger partial charge in [0.05, 0.1) is 11.3 Å². The van der Waals surface area contributed by atoms with E-state index in [9.17, 15) is 4.79 Å². The van der Waals surface area contributed by atoms with Crippen LogP contribution in [0.5, 0.6) is 0 Å². The lowest BCUT2D eigenvalue weighted by atomic mass is 10.1. The number of amides is 1. The van der Waals surface area contributed by atoms with Gasteiger partial charge in [-0.15, -0.1) is 0 Å². The predicted molar refractivity (Wildman–Crippen MR) is 105 cm³/mol. The molecule has 2 aliphatic rings. The molecular weight excluding hydrogens is 322 g/mol. The van der Waals surface area contributed by atoms with E-state index in [2.05, 4.69) is 65.5 Å². The van der Waals surface area contributed by atoms with E-state index < -0.39 is 0 Å². The lowest BCUT2D eigenvalue weighted by molar-refractivity contribution is 0.0780. The van der Waals surface area contributed by atoms with Crippen LogP contribution in [0, 0.1) is 20.8 Å². The molecular formula is C22H29N3O. The molecule has 138 valence electrons. The zero-order chi connectivity index (χ0) is 18.3. The number of aryl methyl sites for hydroxylation is 3. The van der Waals surface area contributed by atoms with Crippen molar-refractivity contribution in [2.24, 2.45) is 0 Å². The summed E-state index contributed by atoms with van der Waals surface area (Å²) in [5.74, 6) is 0.179. The SMILES string of the molecule is Cc1ccc(-n2c(C)ccc2C)c(C(=O)N2CCC(N3CCCC3)C2)c1. The number of nitrogens with zero attached hydrogens (tertiary/aromatic N) is 3. The number of carbonyl (C=O) groups excluding carboxylic acids is 1. The van der Waals surface area contributed by atoms with E-state index in [1.807, 2.05) is 0 Å². The lowest BCUT2D eigenvalue weighted by Crippen LogP contribution is -2.37. The van der Waals surface area contributed by atoms with E-state index in [-0.39, 0.29) is 5.91 Å². The maximum absolute atomic E-state index is 13.4. The van der Waals surface area contributed by atoms with Crippen LogP contribution in [0.3, 0.4) is 0 Å². The number of likely N-dealkylation sites (tertiary alicyclic amines) is 2. The minimum absolute atomic E-state index is 0.179. The highest BCUT2D eigenvalue weighted by atomic mass is 16.2. The van der Waals surface area contributed by atoms with Gasteiger partial charge in [-0.2, -0.15) is 0 Å². The first-order chi connectivity index (χ1) is 12.5. The van der Waals surface area contributed by atoms with Crippen molar-refractivity contribution in [1.82, 2.24) is 14.4 Å². The third kappa shape index (κ3) is 3.07. The predicted octanol–water partition coefficient (Wildman–Crippen LogP) is 3.71. The second kappa shape index (κ2) is 6.92. The van der Waals surface area contributed by atoms with Crippen molar-refractivity contribution in [3.05, 3.63) is 52.8 Å². The molecule has 0 radical (unpaired) electrons. The molecule has 26 heavy (non-hydrogen) atoms. The summed E-state index contributed by atoms with van der Waals surface area (Å²) >= 11 is 0. The van der Waals surface area contributed by atoms with Crippen molar-refractivity contribution in [1.29, 1.82) is 0 Å². The van der Waals surface area contributed by atoms with Gasteiger partial charge in [-0.25, -0.2) is 0 Å². The zero-order valence-electron chi connectivity index (χ0n) is 16.2. The van der Waals surface area contributed by atoms with E-state index in [1.54, 1.807) is 0 Å². The van der Waals surface area contributed by atoms with Gasteiger partial charge in [-0.3, -0.25) is 9.69 Å². The van der Waals surface area contributed by atoms with Gasteiger partial charge in [0, 0.05) is 30.5 Å². The number of hydrogen-bond acceptors (Lipinski definition) is 2. The first kappa shape index (κ1) is 17.3. The monoisotopic (exact) mass is 351 g/mol. The van der Waals surface area contributed by atoms with Crippen LogP contribution in [-0.2, 0) is 0 Å². The molecule has 3 heterocycles. The summed E-state index contributed by atoms with van der Waals surface area (Å²) in [5, 5.41) is 0. The molecule has 2 aliphatic heterocycles. The lowest BCUT2D eigenvalue weighted by Gasteiger charge is -2.24. The van der Waals surface area contributed by atoms with Crippen LogP contribution in [0.25, 0.3) is 5.69 Å². The van der Waals surface area contributed by atoms with Crippen molar-refractivity contribution >= 4 is 5.91 Å². The summed E-state index contributed by atoms with van der Waals surface area (Å²) in [7, 11) is 0. The molecule has 4 nitrogen and oxygen atoms in total. The number of carbonyl (C=O) groups is 1. The summed E-state index contributed by atoms with van der Waals surface area (Å²) in [5.41, 5.74) is 5.29. The van der Waals surface area contributed by atoms with E-state index in [4.69, 9.17) is 0 Å². The first-order valence-corrected chi connectivity index (χ1v) is 9.84. The molecule has 0 N–H and O–H groups in total. The van der Waals surface area contributed by atoms with Gasteiger partial charge in [0.1, 0.15) is 0 Å². The summed E-state index contributed by atoms with van der Waals surface area (Å²) in [6.07, 6.45) is 3.71.